The summed E-state index contributed by atoms with van der Waals surface area (Å²) in [5, 5.41) is 18.4. The van der Waals surface area contributed by atoms with Gasteiger partial charge in [0, 0.05) is 12.8 Å². The molecule has 0 bridgehead atoms. The molecule has 0 heterocycles. The molecule has 0 saturated heterocycles. The zero-order valence-corrected chi connectivity index (χ0v) is 38.1. The number of unbranched alkanes of at least 4 members (excludes halogenated alkanes) is 19. The maximum Gasteiger partial charge on any atom is 0.472 e. The third-order valence-corrected chi connectivity index (χ3v) is 10.6. The number of carbonyl (C=O) groups is 2. The zero-order chi connectivity index (χ0) is 43.3. The Bertz CT molecular complexity index is 1160. The van der Waals surface area contributed by atoms with Crippen LogP contribution >= 0.6 is 7.82 Å². The highest BCUT2D eigenvalue weighted by Crippen LogP contribution is 2.43. The molecule has 0 spiro atoms. The van der Waals surface area contributed by atoms with E-state index in [0.29, 0.717) is 12.8 Å². The normalized spacial score (nSPS) is 14.3. The molecule has 11 heteroatoms. The average Bonchev–Trinajstić information content (AvgIpc) is 3.22. The van der Waals surface area contributed by atoms with Gasteiger partial charge in [-0.05, 0) is 77.0 Å². The van der Waals surface area contributed by atoms with Crippen LogP contribution in [-0.2, 0) is 32.7 Å². The summed E-state index contributed by atoms with van der Waals surface area (Å²) in [6, 6.07) is 0. The molecule has 10 nitrogen and oxygen atoms in total. The SMILES string of the molecule is CC/C=C\C/C=C\C/C=C\C/C=C\CCCCCCCCC(=O)OC(COC(=O)CCCCCCCCC/C=C\CCCCCCCC)COP(=O)(O)OCC(O)CO. The number of carbonyl (C=O) groups excluding carboxylic acids is 2. The second-order valence-electron chi connectivity index (χ2n) is 15.4. The van der Waals surface area contributed by atoms with E-state index in [1.807, 2.05) is 0 Å². The first kappa shape index (κ1) is 56.7. The predicted molar refractivity (Wildman–Crippen MR) is 242 cm³/mol. The van der Waals surface area contributed by atoms with Gasteiger partial charge in [-0.2, -0.15) is 0 Å². The highest BCUT2D eigenvalue weighted by molar-refractivity contribution is 7.47. The minimum absolute atomic E-state index is 0.165. The first-order valence-electron chi connectivity index (χ1n) is 23.2. The second kappa shape index (κ2) is 43.7. The molecule has 0 aliphatic rings. The molecule has 0 radical (unpaired) electrons. The maximum atomic E-state index is 12.6. The van der Waals surface area contributed by atoms with Gasteiger partial charge in [-0.1, -0.05) is 164 Å². The first-order valence-corrected chi connectivity index (χ1v) is 24.7. The topological polar surface area (TPSA) is 149 Å². The minimum atomic E-state index is -4.63. The Kier molecular flexibility index (Phi) is 42.0. The van der Waals surface area contributed by atoms with Gasteiger partial charge >= 0.3 is 19.8 Å². The van der Waals surface area contributed by atoms with E-state index in [1.54, 1.807) is 0 Å². The van der Waals surface area contributed by atoms with Crippen LogP contribution in [-0.4, -0.2) is 65.7 Å². The van der Waals surface area contributed by atoms with Gasteiger partial charge in [0.05, 0.1) is 19.8 Å². The molecule has 3 unspecified atom stereocenters. The summed E-state index contributed by atoms with van der Waals surface area (Å²) in [7, 11) is -4.63. The van der Waals surface area contributed by atoms with Crippen LogP contribution in [0.5, 0.6) is 0 Å². The predicted octanol–water partition coefficient (Wildman–Crippen LogP) is 12.7. The summed E-state index contributed by atoms with van der Waals surface area (Å²) in [5.74, 6) is -0.946. The van der Waals surface area contributed by atoms with E-state index in [4.69, 9.17) is 23.6 Å². The van der Waals surface area contributed by atoms with E-state index in [0.717, 1.165) is 89.9 Å². The van der Waals surface area contributed by atoms with Gasteiger partial charge < -0.3 is 24.6 Å². The highest BCUT2D eigenvalue weighted by atomic mass is 31.2. The first-order chi connectivity index (χ1) is 28.7. The van der Waals surface area contributed by atoms with Crippen LogP contribution in [0.4, 0.5) is 0 Å². The van der Waals surface area contributed by atoms with Crippen molar-refractivity contribution in [2.24, 2.45) is 0 Å². The zero-order valence-electron chi connectivity index (χ0n) is 37.2. The molecular formula is C48H85O10P. The summed E-state index contributed by atoms with van der Waals surface area (Å²) < 4.78 is 32.8. The lowest BCUT2D eigenvalue weighted by Crippen LogP contribution is -2.29. The van der Waals surface area contributed by atoms with E-state index in [1.165, 1.54) is 64.2 Å². The molecule has 3 atom stereocenters. The van der Waals surface area contributed by atoms with Gasteiger partial charge in [0.1, 0.15) is 12.7 Å². The fourth-order valence-corrected chi connectivity index (χ4v) is 6.89. The fraction of sp³-hybridized carbons (Fsp3) is 0.750. The van der Waals surface area contributed by atoms with Crippen molar-refractivity contribution in [1.82, 2.24) is 0 Å². The number of allylic oxidation sites excluding steroid dienone is 10. The van der Waals surface area contributed by atoms with Gasteiger partial charge in [0.15, 0.2) is 6.10 Å². The molecule has 0 aliphatic carbocycles. The number of phosphoric acid groups is 1. The van der Waals surface area contributed by atoms with Crippen molar-refractivity contribution in [1.29, 1.82) is 0 Å². The van der Waals surface area contributed by atoms with Crippen molar-refractivity contribution in [3.63, 3.8) is 0 Å². The van der Waals surface area contributed by atoms with Crippen LogP contribution in [0.3, 0.4) is 0 Å². The van der Waals surface area contributed by atoms with Crippen LogP contribution in [0.1, 0.15) is 194 Å². The van der Waals surface area contributed by atoms with Crippen molar-refractivity contribution in [2.45, 2.75) is 206 Å². The van der Waals surface area contributed by atoms with Crippen LogP contribution in [0, 0.1) is 0 Å². The van der Waals surface area contributed by atoms with E-state index >= 15 is 0 Å². The van der Waals surface area contributed by atoms with Crippen molar-refractivity contribution in [2.75, 3.05) is 26.4 Å². The molecule has 0 amide bonds. The third-order valence-electron chi connectivity index (χ3n) is 9.66. The molecule has 0 fully saturated rings. The molecule has 0 aromatic carbocycles. The van der Waals surface area contributed by atoms with Crippen LogP contribution in [0.25, 0.3) is 0 Å². The van der Waals surface area contributed by atoms with Crippen molar-refractivity contribution < 1.29 is 47.8 Å². The number of aliphatic hydroxyl groups excluding tert-OH is 2. The smallest absolute Gasteiger partial charge is 0.462 e. The number of hydrogen-bond donors (Lipinski definition) is 3. The molecule has 0 aromatic rings. The Labute approximate surface area is 359 Å². The van der Waals surface area contributed by atoms with Gasteiger partial charge in [-0.15, -0.1) is 0 Å². The molecular weight excluding hydrogens is 767 g/mol. The van der Waals surface area contributed by atoms with Crippen LogP contribution in [0.2, 0.25) is 0 Å². The molecule has 0 aliphatic heterocycles. The summed E-state index contributed by atoms with van der Waals surface area (Å²) in [6.45, 7) is 2.25. The number of aliphatic hydroxyl groups is 2. The lowest BCUT2D eigenvalue weighted by Gasteiger charge is -2.20. The Morgan fingerprint density at radius 3 is 1.42 bits per heavy atom. The van der Waals surface area contributed by atoms with Gasteiger partial charge in [-0.25, -0.2) is 4.57 Å². The molecule has 0 aromatic heterocycles. The Morgan fingerprint density at radius 1 is 0.525 bits per heavy atom. The van der Waals surface area contributed by atoms with Crippen LogP contribution < -0.4 is 0 Å². The number of rotatable bonds is 43. The number of phosphoric ester groups is 1. The summed E-state index contributed by atoms with van der Waals surface area (Å²) >= 11 is 0. The van der Waals surface area contributed by atoms with Gasteiger partial charge in [-0.3, -0.25) is 18.6 Å². The standard InChI is InChI=1S/C48H85O10P/c1-3-5-7-9-11-13-15-17-19-21-22-24-26-28-30-32-34-36-38-40-48(52)58-46(44-57-59(53,54)56-42-45(50)41-49)43-55-47(51)39-37-35-33-31-29-27-25-23-20-18-16-14-12-10-8-6-4-2/h5,7,11,13,17-20,22,24,45-46,49-50H,3-4,6,8-10,12,14-16,21,23,25-44H2,1-2H3,(H,53,54)/b7-5-,13-11-,19-17-,20-18-,24-22-. The molecule has 0 saturated carbocycles. The summed E-state index contributed by atoms with van der Waals surface area (Å²) in [4.78, 5) is 35.1. The van der Waals surface area contributed by atoms with E-state index in [9.17, 15) is 24.2 Å². The van der Waals surface area contributed by atoms with E-state index < -0.39 is 51.8 Å². The van der Waals surface area contributed by atoms with Gasteiger partial charge in [0.25, 0.3) is 0 Å². The minimum Gasteiger partial charge on any atom is -0.462 e. The number of esters is 2. The van der Waals surface area contributed by atoms with E-state index in [-0.39, 0.29) is 19.4 Å². The lowest BCUT2D eigenvalue weighted by atomic mass is 10.1. The third kappa shape index (κ3) is 43.6. The Morgan fingerprint density at radius 2 is 0.932 bits per heavy atom. The highest BCUT2D eigenvalue weighted by Gasteiger charge is 2.27. The fourth-order valence-electron chi connectivity index (χ4n) is 6.10. The van der Waals surface area contributed by atoms with Crippen LogP contribution in [0.15, 0.2) is 60.8 Å². The lowest BCUT2D eigenvalue weighted by molar-refractivity contribution is -0.161. The Balaban J connectivity index is 4.29. The quantitative estimate of drug-likeness (QED) is 0.0234. The second-order valence-corrected chi connectivity index (χ2v) is 16.8. The number of ether oxygens (including phenoxy) is 2. The van der Waals surface area contributed by atoms with Gasteiger partial charge in [0.2, 0.25) is 0 Å². The number of hydrogen-bond acceptors (Lipinski definition) is 9. The molecule has 3 N–H and O–H groups in total. The van der Waals surface area contributed by atoms with Crippen molar-refractivity contribution in [3.05, 3.63) is 60.8 Å². The Hall–Kier alpha value is -2.33. The molecule has 59 heavy (non-hydrogen) atoms. The molecule has 342 valence electrons. The average molecular weight is 853 g/mol. The van der Waals surface area contributed by atoms with Crippen molar-refractivity contribution >= 4 is 19.8 Å². The maximum absolute atomic E-state index is 12.6. The summed E-state index contributed by atoms with van der Waals surface area (Å²) in [6.07, 6.45) is 48.9. The monoisotopic (exact) mass is 853 g/mol. The van der Waals surface area contributed by atoms with E-state index in [2.05, 4.69) is 74.6 Å². The summed E-state index contributed by atoms with van der Waals surface area (Å²) in [5.41, 5.74) is 0. The largest absolute Gasteiger partial charge is 0.472 e. The van der Waals surface area contributed by atoms with Crippen molar-refractivity contribution in [3.8, 4) is 0 Å². The molecule has 0 rings (SSSR count).